The van der Waals surface area contributed by atoms with Crippen LogP contribution in [0.4, 0.5) is 0 Å². The number of hydrogen-bond donors (Lipinski definition) is 1. The predicted molar refractivity (Wildman–Crippen MR) is 78.5 cm³/mol. The first-order chi connectivity index (χ1) is 9.28. The van der Waals surface area contributed by atoms with E-state index in [4.69, 9.17) is 4.74 Å². The van der Waals surface area contributed by atoms with E-state index in [2.05, 4.69) is 19.1 Å². The molecule has 0 aromatic heterocycles. The summed E-state index contributed by atoms with van der Waals surface area (Å²) in [6.45, 7) is 2.60. The summed E-state index contributed by atoms with van der Waals surface area (Å²) in [5.41, 5.74) is 1.35. The number of benzene rings is 1. The van der Waals surface area contributed by atoms with Crippen LogP contribution in [-0.2, 0) is 6.42 Å². The summed E-state index contributed by atoms with van der Waals surface area (Å²) in [4.78, 5) is 0. The van der Waals surface area contributed by atoms with E-state index in [1.165, 1.54) is 37.7 Å². The maximum Gasteiger partial charge on any atom is 0.119 e. The fraction of sp³-hybridized carbons (Fsp3) is 0.647. The number of aryl methyl sites for hydroxylation is 1. The van der Waals surface area contributed by atoms with Gasteiger partial charge in [-0.25, -0.2) is 0 Å². The zero-order valence-electron chi connectivity index (χ0n) is 12.0. The third-order valence-electron chi connectivity index (χ3n) is 3.98. The molecule has 1 aromatic carbocycles. The molecular formula is C17H26O2. The number of rotatable bonds is 7. The molecule has 2 heteroatoms. The molecule has 0 spiro atoms. The standard InChI is InChI=1S/C17H26O2/c1-2-5-14-8-10-17(11-9-14)19-13-16(18)12-15-6-3-4-7-15/h8-11,15-16,18H,2-7,12-13H2,1H3. The van der Waals surface area contributed by atoms with E-state index in [1.54, 1.807) is 0 Å². The summed E-state index contributed by atoms with van der Waals surface area (Å²) in [6, 6.07) is 8.24. The van der Waals surface area contributed by atoms with Crippen molar-refractivity contribution in [2.45, 2.75) is 58.0 Å². The van der Waals surface area contributed by atoms with Crippen molar-refractivity contribution in [2.24, 2.45) is 5.92 Å². The van der Waals surface area contributed by atoms with Gasteiger partial charge in [-0.05, 0) is 36.5 Å². The molecule has 0 aliphatic heterocycles. The van der Waals surface area contributed by atoms with Gasteiger partial charge in [0.1, 0.15) is 12.4 Å². The van der Waals surface area contributed by atoms with E-state index < -0.39 is 0 Å². The molecule has 19 heavy (non-hydrogen) atoms. The first-order valence-corrected chi connectivity index (χ1v) is 7.67. The summed E-state index contributed by atoms with van der Waals surface area (Å²) in [5, 5.41) is 9.98. The average Bonchev–Trinajstić information content (AvgIpc) is 2.91. The van der Waals surface area contributed by atoms with Crippen LogP contribution in [0.5, 0.6) is 5.75 Å². The molecule has 2 rings (SSSR count). The largest absolute Gasteiger partial charge is 0.491 e. The van der Waals surface area contributed by atoms with E-state index >= 15 is 0 Å². The molecular weight excluding hydrogens is 236 g/mol. The van der Waals surface area contributed by atoms with Crippen LogP contribution >= 0.6 is 0 Å². The number of hydrogen-bond acceptors (Lipinski definition) is 2. The van der Waals surface area contributed by atoms with Crippen molar-refractivity contribution in [1.82, 2.24) is 0 Å². The van der Waals surface area contributed by atoms with Crippen molar-refractivity contribution >= 4 is 0 Å². The molecule has 1 atom stereocenters. The van der Waals surface area contributed by atoms with E-state index in [0.717, 1.165) is 18.6 Å². The van der Waals surface area contributed by atoms with Gasteiger partial charge in [0.05, 0.1) is 6.10 Å². The van der Waals surface area contributed by atoms with Crippen molar-refractivity contribution in [2.75, 3.05) is 6.61 Å². The molecule has 0 radical (unpaired) electrons. The molecule has 0 bridgehead atoms. The lowest BCUT2D eigenvalue weighted by Crippen LogP contribution is -2.20. The predicted octanol–water partition coefficient (Wildman–Crippen LogP) is 3.96. The van der Waals surface area contributed by atoms with Crippen LogP contribution < -0.4 is 4.74 Å². The highest BCUT2D eigenvalue weighted by molar-refractivity contribution is 5.27. The van der Waals surface area contributed by atoms with Gasteiger partial charge < -0.3 is 9.84 Å². The second-order valence-corrected chi connectivity index (χ2v) is 5.74. The van der Waals surface area contributed by atoms with Gasteiger partial charge in [0.15, 0.2) is 0 Å². The van der Waals surface area contributed by atoms with Crippen molar-refractivity contribution in [3.05, 3.63) is 29.8 Å². The molecule has 2 nitrogen and oxygen atoms in total. The molecule has 1 fully saturated rings. The smallest absolute Gasteiger partial charge is 0.119 e. The fourth-order valence-electron chi connectivity index (χ4n) is 2.93. The maximum absolute atomic E-state index is 9.98. The zero-order chi connectivity index (χ0) is 13.5. The number of ether oxygens (including phenoxy) is 1. The van der Waals surface area contributed by atoms with Gasteiger partial charge in [0.2, 0.25) is 0 Å². The Balaban J connectivity index is 1.71. The normalized spacial score (nSPS) is 17.6. The minimum Gasteiger partial charge on any atom is -0.491 e. The molecule has 1 aromatic rings. The number of aliphatic hydroxyl groups is 1. The van der Waals surface area contributed by atoms with Crippen molar-refractivity contribution < 1.29 is 9.84 Å². The molecule has 1 N–H and O–H groups in total. The molecule has 1 saturated carbocycles. The van der Waals surface area contributed by atoms with Gasteiger partial charge in [-0.1, -0.05) is 51.2 Å². The van der Waals surface area contributed by atoms with E-state index in [0.29, 0.717) is 12.5 Å². The SMILES string of the molecule is CCCc1ccc(OCC(O)CC2CCCC2)cc1. The Morgan fingerprint density at radius 1 is 1.21 bits per heavy atom. The second-order valence-electron chi connectivity index (χ2n) is 5.74. The monoisotopic (exact) mass is 262 g/mol. The van der Waals surface area contributed by atoms with E-state index in [9.17, 15) is 5.11 Å². The first-order valence-electron chi connectivity index (χ1n) is 7.67. The molecule has 0 amide bonds. The fourth-order valence-corrected chi connectivity index (χ4v) is 2.93. The Morgan fingerprint density at radius 2 is 1.89 bits per heavy atom. The van der Waals surface area contributed by atoms with Crippen LogP contribution in [0.1, 0.15) is 51.0 Å². The first kappa shape index (κ1) is 14.4. The van der Waals surface area contributed by atoms with Crippen LogP contribution in [0.3, 0.4) is 0 Å². The van der Waals surface area contributed by atoms with Crippen molar-refractivity contribution in [3.63, 3.8) is 0 Å². The Bertz CT molecular complexity index is 352. The Hall–Kier alpha value is -1.02. The molecule has 106 valence electrons. The van der Waals surface area contributed by atoms with Gasteiger partial charge >= 0.3 is 0 Å². The summed E-state index contributed by atoms with van der Waals surface area (Å²) >= 11 is 0. The Labute approximate surface area is 116 Å². The lowest BCUT2D eigenvalue weighted by Gasteiger charge is -2.16. The summed E-state index contributed by atoms with van der Waals surface area (Å²) in [5.74, 6) is 1.58. The van der Waals surface area contributed by atoms with Crippen LogP contribution in [-0.4, -0.2) is 17.8 Å². The molecule has 1 unspecified atom stereocenters. The van der Waals surface area contributed by atoms with E-state index in [1.807, 2.05) is 12.1 Å². The third kappa shape index (κ3) is 4.87. The highest BCUT2D eigenvalue weighted by Gasteiger charge is 2.19. The molecule has 1 aliphatic rings. The quantitative estimate of drug-likeness (QED) is 0.806. The van der Waals surface area contributed by atoms with Crippen LogP contribution in [0.25, 0.3) is 0 Å². The maximum atomic E-state index is 9.98. The van der Waals surface area contributed by atoms with Crippen LogP contribution in [0, 0.1) is 5.92 Å². The minimum absolute atomic E-state index is 0.321. The van der Waals surface area contributed by atoms with Gasteiger partial charge in [-0.3, -0.25) is 0 Å². The Morgan fingerprint density at radius 3 is 2.53 bits per heavy atom. The van der Waals surface area contributed by atoms with Gasteiger partial charge in [0.25, 0.3) is 0 Å². The van der Waals surface area contributed by atoms with Crippen molar-refractivity contribution in [1.29, 1.82) is 0 Å². The minimum atomic E-state index is -0.321. The average molecular weight is 262 g/mol. The van der Waals surface area contributed by atoms with Crippen LogP contribution in [0.2, 0.25) is 0 Å². The summed E-state index contributed by atoms with van der Waals surface area (Å²) in [6.07, 6.45) is 8.08. The van der Waals surface area contributed by atoms with E-state index in [-0.39, 0.29) is 6.10 Å². The lowest BCUT2D eigenvalue weighted by molar-refractivity contribution is 0.0855. The summed E-state index contributed by atoms with van der Waals surface area (Å²) in [7, 11) is 0. The Kier molecular flexibility index (Phi) is 5.71. The van der Waals surface area contributed by atoms with Gasteiger partial charge in [-0.15, -0.1) is 0 Å². The topological polar surface area (TPSA) is 29.5 Å². The molecule has 1 aliphatic carbocycles. The second kappa shape index (κ2) is 7.54. The molecule has 0 heterocycles. The third-order valence-corrected chi connectivity index (χ3v) is 3.98. The van der Waals surface area contributed by atoms with Gasteiger partial charge in [0, 0.05) is 0 Å². The highest BCUT2D eigenvalue weighted by Crippen LogP contribution is 2.28. The van der Waals surface area contributed by atoms with Crippen LogP contribution in [0.15, 0.2) is 24.3 Å². The van der Waals surface area contributed by atoms with Crippen molar-refractivity contribution in [3.8, 4) is 5.75 Å². The number of aliphatic hydroxyl groups excluding tert-OH is 1. The zero-order valence-corrected chi connectivity index (χ0v) is 12.0. The summed E-state index contributed by atoms with van der Waals surface area (Å²) < 4.78 is 5.66. The molecule has 0 saturated heterocycles. The highest BCUT2D eigenvalue weighted by atomic mass is 16.5. The van der Waals surface area contributed by atoms with Gasteiger partial charge in [-0.2, -0.15) is 0 Å². The lowest BCUT2D eigenvalue weighted by atomic mass is 10.0.